The van der Waals surface area contributed by atoms with Crippen LogP contribution in [0.3, 0.4) is 0 Å². The van der Waals surface area contributed by atoms with Crippen molar-refractivity contribution in [3.63, 3.8) is 0 Å². The van der Waals surface area contributed by atoms with Gasteiger partial charge in [0.05, 0.1) is 5.56 Å². The van der Waals surface area contributed by atoms with Gasteiger partial charge in [-0.25, -0.2) is 4.79 Å². The predicted molar refractivity (Wildman–Crippen MR) is 118 cm³/mol. The van der Waals surface area contributed by atoms with E-state index in [4.69, 9.17) is 5.11 Å². The fourth-order valence-electron chi connectivity index (χ4n) is 6.33. The molecule has 4 nitrogen and oxygen atoms in total. The molecule has 0 amide bonds. The van der Waals surface area contributed by atoms with Crippen molar-refractivity contribution < 1.29 is 9.90 Å². The average Bonchev–Trinajstić information content (AvgIpc) is 3.44. The van der Waals surface area contributed by atoms with E-state index in [9.17, 15) is 4.79 Å². The first-order valence-electron chi connectivity index (χ1n) is 11.5. The van der Waals surface area contributed by atoms with Crippen LogP contribution in [0, 0.1) is 5.41 Å². The van der Waals surface area contributed by atoms with Crippen LogP contribution in [0.5, 0.6) is 0 Å². The van der Waals surface area contributed by atoms with Crippen LogP contribution in [-0.2, 0) is 0 Å². The standard InChI is InChI=1S/C26H30N2O2/c29-25(30)19-9-11-20(12-10-19)27-16-26(17-27)14-21(15-26)28-13-3-6-24(28)23-5-2-1-4-22(23)18-7-8-18/h1-2,4-5,9-12,18,21,24H,3,6-8,13-17H2,(H,29,30). The number of hydrogen-bond donors (Lipinski definition) is 1. The topological polar surface area (TPSA) is 43.8 Å². The molecule has 30 heavy (non-hydrogen) atoms. The third kappa shape index (κ3) is 3.04. The minimum atomic E-state index is -0.855. The summed E-state index contributed by atoms with van der Waals surface area (Å²) < 4.78 is 0. The van der Waals surface area contributed by atoms with Crippen LogP contribution in [0.15, 0.2) is 48.5 Å². The van der Waals surface area contributed by atoms with E-state index in [1.54, 1.807) is 23.3 Å². The molecule has 1 spiro atoms. The molecule has 1 N–H and O–H groups in total. The normalized spacial score (nSPS) is 25.9. The molecule has 1 unspecified atom stereocenters. The molecule has 0 aromatic heterocycles. The Bertz CT molecular complexity index is 951. The third-order valence-electron chi connectivity index (χ3n) is 8.00. The van der Waals surface area contributed by atoms with Crippen LogP contribution in [-0.4, -0.2) is 41.7 Å². The van der Waals surface area contributed by atoms with Gasteiger partial charge in [-0.3, -0.25) is 4.90 Å². The van der Waals surface area contributed by atoms with Gasteiger partial charge in [0.15, 0.2) is 0 Å². The summed E-state index contributed by atoms with van der Waals surface area (Å²) in [5.41, 5.74) is 5.25. The van der Waals surface area contributed by atoms with E-state index in [1.807, 2.05) is 12.1 Å². The number of hydrogen-bond acceptors (Lipinski definition) is 3. The van der Waals surface area contributed by atoms with E-state index in [-0.39, 0.29) is 0 Å². The van der Waals surface area contributed by atoms with Crippen molar-refractivity contribution in [2.75, 3.05) is 24.5 Å². The number of carbonyl (C=O) groups is 1. The number of rotatable bonds is 5. The highest BCUT2D eigenvalue weighted by Crippen LogP contribution is 2.54. The minimum absolute atomic E-state index is 0.365. The molecule has 2 aromatic carbocycles. The lowest BCUT2D eigenvalue weighted by atomic mass is 9.60. The Kier molecular flexibility index (Phi) is 4.21. The largest absolute Gasteiger partial charge is 0.478 e. The molecule has 6 rings (SSSR count). The number of nitrogens with zero attached hydrogens (tertiary/aromatic N) is 2. The van der Waals surface area contributed by atoms with E-state index < -0.39 is 5.97 Å². The molecular formula is C26H30N2O2. The Balaban J connectivity index is 1.10. The molecule has 156 valence electrons. The van der Waals surface area contributed by atoms with Gasteiger partial charge < -0.3 is 10.0 Å². The molecule has 0 radical (unpaired) electrons. The van der Waals surface area contributed by atoms with Crippen molar-refractivity contribution >= 4 is 11.7 Å². The van der Waals surface area contributed by atoms with E-state index >= 15 is 0 Å². The Morgan fingerprint density at radius 2 is 1.63 bits per heavy atom. The van der Waals surface area contributed by atoms with Crippen molar-refractivity contribution in [2.24, 2.45) is 5.41 Å². The monoisotopic (exact) mass is 402 g/mol. The zero-order valence-electron chi connectivity index (χ0n) is 17.5. The predicted octanol–water partition coefficient (Wildman–Crippen LogP) is 5.07. The van der Waals surface area contributed by atoms with E-state index in [2.05, 4.69) is 34.1 Å². The summed E-state index contributed by atoms with van der Waals surface area (Å²) in [6, 6.07) is 18.0. The average molecular weight is 403 g/mol. The molecule has 0 bridgehead atoms. The van der Waals surface area contributed by atoms with Crippen LogP contribution in [0.25, 0.3) is 0 Å². The molecule has 2 heterocycles. The first kappa shape index (κ1) is 18.4. The number of likely N-dealkylation sites (tertiary alicyclic amines) is 1. The van der Waals surface area contributed by atoms with E-state index in [1.165, 1.54) is 45.1 Å². The van der Waals surface area contributed by atoms with Gasteiger partial charge in [0.1, 0.15) is 0 Å². The maximum Gasteiger partial charge on any atom is 0.335 e. The number of benzene rings is 2. The fourth-order valence-corrected chi connectivity index (χ4v) is 6.33. The molecule has 2 aliphatic heterocycles. The summed E-state index contributed by atoms with van der Waals surface area (Å²) >= 11 is 0. The Hall–Kier alpha value is -2.33. The van der Waals surface area contributed by atoms with Crippen LogP contribution < -0.4 is 4.90 Å². The van der Waals surface area contributed by atoms with Gasteiger partial charge in [0.25, 0.3) is 0 Å². The number of anilines is 1. The molecule has 2 saturated carbocycles. The zero-order chi connectivity index (χ0) is 20.3. The van der Waals surface area contributed by atoms with Crippen molar-refractivity contribution in [3.8, 4) is 0 Å². The summed E-state index contributed by atoms with van der Waals surface area (Å²) in [6.45, 7) is 3.49. The van der Waals surface area contributed by atoms with E-state index in [0.29, 0.717) is 17.0 Å². The maximum atomic E-state index is 11.1. The van der Waals surface area contributed by atoms with Crippen molar-refractivity contribution in [2.45, 2.75) is 56.5 Å². The Morgan fingerprint density at radius 3 is 2.30 bits per heavy atom. The van der Waals surface area contributed by atoms with Crippen LogP contribution >= 0.6 is 0 Å². The molecule has 2 aliphatic carbocycles. The zero-order valence-corrected chi connectivity index (χ0v) is 17.5. The second kappa shape index (κ2) is 6.84. The lowest BCUT2D eigenvalue weighted by Gasteiger charge is -2.62. The van der Waals surface area contributed by atoms with Gasteiger partial charge in [-0.15, -0.1) is 0 Å². The number of aromatic carboxylic acids is 1. The second-order valence-electron chi connectivity index (χ2n) is 10.1. The molecule has 4 fully saturated rings. The van der Waals surface area contributed by atoms with Gasteiger partial charge in [-0.05, 0) is 86.4 Å². The minimum Gasteiger partial charge on any atom is -0.478 e. The van der Waals surface area contributed by atoms with Crippen molar-refractivity contribution in [1.29, 1.82) is 0 Å². The van der Waals surface area contributed by atoms with E-state index in [0.717, 1.165) is 30.7 Å². The Labute approximate surface area is 178 Å². The maximum absolute atomic E-state index is 11.1. The summed E-state index contributed by atoms with van der Waals surface area (Å²) in [6.07, 6.45) is 8.03. The number of carboxylic acids is 1. The highest BCUT2D eigenvalue weighted by Gasteiger charge is 2.55. The molecule has 2 aromatic rings. The fraction of sp³-hybridized carbons (Fsp3) is 0.500. The first-order chi connectivity index (χ1) is 14.6. The second-order valence-corrected chi connectivity index (χ2v) is 10.1. The van der Waals surface area contributed by atoms with Gasteiger partial charge in [-0.2, -0.15) is 0 Å². The van der Waals surface area contributed by atoms with Crippen molar-refractivity contribution in [1.82, 2.24) is 4.90 Å². The highest BCUT2D eigenvalue weighted by molar-refractivity contribution is 5.88. The van der Waals surface area contributed by atoms with Gasteiger partial charge in [0.2, 0.25) is 0 Å². The first-order valence-corrected chi connectivity index (χ1v) is 11.5. The summed E-state index contributed by atoms with van der Waals surface area (Å²) in [5.74, 6) is -0.0315. The SMILES string of the molecule is O=C(O)c1ccc(N2CC3(CC(N4CCCC4c4ccccc4C4CC4)C3)C2)cc1. The molecule has 2 saturated heterocycles. The van der Waals surface area contributed by atoms with Crippen LogP contribution in [0.4, 0.5) is 5.69 Å². The smallest absolute Gasteiger partial charge is 0.335 e. The summed E-state index contributed by atoms with van der Waals surface area (Å²) in [4.78, 5) is 16.3. The van der Waals surface area contributed by atoms with Crippen molar-refractivity contribution in [3.05, 3.63) is 65.2 Å². The molecular weight excluding hydrogens is 372 g/mol. The summed E-state index contributed by atoms with van der Waals surface area (Å²) in [5, 5.41) is 9.09. The lowest BCUT2D eigenvalue weighted by Crippen LogP contribution is -2.66. The van der Waals surface area contributed by atoms with Gasteiger partial charge in [-0.1, -0.05) is 24.3 Å². The van der Waals surface area contributed by atoms with Crippen LogP contribution in [0.2, 0.25) is 0 Å². The Morgan fingerprint density at radius 1 is 0.933 bits per heavy atom. The lowest BCUT2D eigenvalue weighted by molar-refractivity contribution is -0.0256. The molecule has 4 aliphatic rings. The molecule has 1 atom stereocenters. The number of carboxylic acid groups (broad SMARTS) is 1. The van der Waals surface area contributed by atoms with Gasteiger partial charge in [0, 0.05) is 36.3 Å². The summed E-state index contributed by atoms with van der Waals surface area (Å²) in [7, 11) is 0. The van der Waals surface area contributed by atoms with Gasteiger partial charge >= 0.3 is 5.97 Å². The quantitative estimate of drug-likeness (QED) is 0.758. The third-order valence-corrected chi connectivity index (χ3v) is 8.00. The highest BCUT2D eigenvalue weighted by atomic mass is 16.4. The van der Waals surface area contributed by atoms with Crippen LogP contribution in [0.1, 0.15) is 72.0 Å². The molecule has 4 heteroatoms.